The van der Waals surface area contributed by atoms with Gasteiger partial charge < -0.3 is 25.0 Å². The molecule has 3 N–H and O–H groups in total. The van der Waals surface area contributed by atoms with Crippen molar-refractivity contribution in [2.24, 2.45) is 0 Å². The summed E-state index contributed by atoms with van der Waals surface area (Å²) in [5, 5.41) is 24.3. The number of benzene rings is 3. The number of anilines is 1. The van der Waals surface area contributed by atoms with Crippen LogP contribution in [0.15, 0.2) is 54.6 Å². The van der Waals surface area contributed by atoms with Crippen LogP contribution in [0.1, 0.15) is 22.4 Å². The van der Waals surface area contributed by atoms with Crippen molar-refractivity contribution in [2.75, 3.05) is 26.1 Å². The molecule has 8 heteroatoms. The van der Waals surface area contributed by atoms with Crippen LogP contribution >= 0.6 is 11.6 Å². The van der Waals surface area contributed by atoms with E-state index < -0.39 is 5.91 Å². The Morgan fingerprint density at radius 1 is 1.08 bits per heavy atom. The summed E-state index contributed by atoms with van der Waals surface area (Å²) in [5.41, 5.74) is 5.94. The van der Waals surface area contributed by atoms with Gasteiger partial charge in [-0.2, -0.15) is 0 Å². The first kappa shape index (κ1) is 27.0. The van der Waals surface area contributed by atoms with E-state index in [0.29, 0.717) is 22.0 Å². The van der Waals surface area contributed by atoms with Gasteiger partial charge in [0.2, 0.25) is 11.7 Å². The molecule has 0 aliphatic rings. The molecule has 0 fully saturated rings. The molecule has 0 radical (unpaired) electrons. The second-order valence-corrected chi connectivity index (χ2v) is 9.24. The average molecular weight is 533 g/mol. The summed E-state index contributed by atoms with van der Waals surface area (Å²) in [4.78, 5) is 18.1. The number of aromatic nitrogens is 1. The van der Waals surface area contributed by atoms with E-state index in [0.717, 1.165) is 33.2 Å². The highest BCUT2D eigenvalue weighted by atomic mass is 35.5. The number of fused-ring (bicyclic) bond motifs is 1. The number of ether oxygens (including phenoxy) is 2. The summed E-state index contributed by atoms with van der Waals surface area (Å²) in [6.07, 6.45) is 3.20. The smallest absolute Gasteiger partial charge is 0.248 e. The minimum absolute atomic E-state index is 0.123. The fraction of sp³-hybridized carbons (Fsp3) is 0.200. The topological polar surface area (TPSA) is 101 Å². The molecule has 1 aromatic heterocycles. The second-order valence-electron chi connectivity index (χ2n) is 8.84. The van der Waals surface area contributed by atoms with Gasteiger partial charge in [0, 0.05) is 40.6 Å². The number of nitrogens with zero attached hydrogens (tertiary/aromatic N) is 1. The first-order valence-electron chi connectivity index (χ1n) is 12.0. The number of methoxy groups -OCH3 is 2. The number of aliphatic hydroxyl groups is 1. The Bertz CT molecular complexity index is 1520. The van der Waals surface area contributed by atoms with Gasteiger partial charge in [0.05, 0.1) is 31.1 Å². The molecule has 196 valence electrons. The van der Waals surface area contributed by atoms with Crippen LogP contribution in [0.5, 0.6) is 17.2 Å². The summed E-state index contributed by atoms with van der Waals surface area (Å²) in [5.74, 6) is -0.0864. The van der Waals surface area contributed by atoms with Crippen molar-refractivity contribution in [1.29, 1.82) is 0 Å². The number of aryl methyl sites for hydroxylation is 2. The molecule has 0 saturated heterocycles. The maximum Gasteiger partial charge on any atom is 0.248 e. The molecule has 4 rings (SSSR count). The number of nitrogens with one attached hydrogen (secondary N) is 1. The van der Waals surface area contributed by atoms with Crippen LogP contribution < -0.4 is 14.8 Å². The zero-order chi connectivity index (χ0) is 27.4. The van der Waals surface area contributed by atoms with E-state index in [2.05, 4.69) is 11.4 Å². The van der Waals surface area contributed by atoms with Gasteiger partial charge in [-0.3, -0.25) is 9.78 Å². The molecule has 0 aliphatic carbocycles. The summed E-state index contributed by atoms with van der Waals surface area (Å²) in [6.45, 7) is 3.85. The van der Waals surface area contributed by atoms with Gasteiger partial charge >= 0.3 is 0 Å². The number of amides is 1. The third-order valence-corrected chi connectivity index (χ3v) is 6.50. The van der Waals surface area contributed by atoms with Crippen LogP contribution in [0.2, 0.25) is 5.02 Å². The highest BCUT2D eigenvalue weighted by molar-refractivity contribution is 6.34. The molecular weight excluding hydrogens is 504 g/mol. The Hall–Kier alpha value is -4.07. The lowest BCUT2D eigenvalue weighted by Gasteiger charge is -2.19. The highest BCUT2D eigenvalue weighted by Crippen LogP contribution is 2.42. The third-order valence-electron chi connectivity index (χ3n) is 6.17. The van der Waals surface area contributed by atoms with Crippen molar-refractivity contribution in [3.8, 4) is 28.4 Å². The van der Waals surface area contributed by atoms with E-state index in [1.807, 2.05) is 38.1 Å². The summed E-state index contributed by atoms with van der Waals surface area (Å²) in [7, 11) is 2.87. The van der Waals surface area contributed by atoms with Crippen LogP contribution in [-0.4, -0.2) is 41.9 Å². The minimum Gasteiger partial charge on any atom is -0.502 e. The number of rotatable bonds is 8. The fourth-order valence-electron chi connectivity index (χ4n) is 4.48. The number of halogens is 1. The van der Waals surface area contributed by atoms with Gasteiger partial charge in [-0.1, -0.05) is 41.4 Å². The Morgan fingerprint density at radius 2 is 1.76 bits per heavy atom. The first-order chi connectivity index (χ1) is 18.3. The molecule has 1 amide bonds. The molecule has 0 aliphatic heterocycles. The van der Waals surface area contributed by atoms with Crippen molar-refractivity contribution >= 4 is 40.2 Å². The monoisotopic (exact) mass is 532 g/mol. The quantitative estimate of drug-likeness (QED) is 0.238. The standard InChI is InChI=1S/C30H29ClN2O5/c1-17-13-18(2)28-21(14-17)27(20-7-5-6-8-22(20)31)29(23(32-28)11-12-34)33-26(35)10-9-19-15-24(37-3)30(36)25(16-19)38-4/h5-10,13-16,34,36H,11-12H2,1-4H3,(H,33,35). The van der Waals surface area contributed by atoms with Crippen molar-refractivity contribution in [2.45, 2.75) is 20.3 Å². The van der Waals surface area contributed by atoms with Gasteiger partial charge in [-0.25, -0.2) is 0 Å². The molecule has 7 nitrogen and oxygen atoms in total. The maximum atomic E-state index is 13.2. The van der Waals surface area contributed by atoms with Gasteiger partial charge in [-0.15, -0.1) is 0 Å². The van der Waals surface area contributed by atoms with Crippen LogP contribution in [-0.2, 0) is 11.2 Å². The molecule has 3 aromatic carbocycles. The number of pyridine rings is 1. The van der Waals surface area contributed by atoms with Crippen LogP contribution in [0.25, 0.3) is 28.1 Å². The number of aliphatic hydroxyl groups excluding tert-OH is 1. The number of carbonyl (C=O) groups excluding carboxylic acids is 1. The SMILES string of the molecule is COc1cc(C=CC(=O)Nc2c(CCO)nc3c(C)cc(C)cc3c2-c2ccccc2Cl)cc(OC)c1O. The molecule has 38 heavy (non-hydrogen) atoms. The molecule has 0 atom stereocenters. The zero-order valence-corrected chi connectivity index (χ0v) is 22.4. The summed E-state index contributed by atoms with van der Waals surface area (Å²) in [6, 6.07) is 14.7. The van der Waals surface area contributed by atoms with E-state index in [1.165, 1.54) is 20.3 Å². The molecule has 1 heterocycles. The van der Waals surface area contributed by atoms with Gasteiger partial charge in [0.15, 0.2) is 11.5 Å². The summed E-state index contributed by atoms with van der Waals surface area (Å²) >= 11 is 6.65. The number of phenols is 1. The van der Waals surface area contributed by atoms with Gasteiger partial charge in [0.25, 0.3) is 0 Å². The average Bonchev–Trinajstić information content (AvgIpc) is 2.89. The normalized spacial score (nSPS) is 11.2. The molecule has 0 unspecified atom stereocenters. The van der Waals surface area contributed by atoms with Crippen LogP contribution in [0.4, 0.5) is 5.69 Å². The first-order valence-corrected chi connectivity index (χ1v) is 12.4. The Kier molecular flexibility index (Phi) is 8.20. The molecule has 0 spiro atoms. The zero-order valence-electron chi connectivity index (χ0n) is 21.6. The minimum atomic E-state index is -0.408. The van der Waals surface area contributed by atoms with E-state index in [1.54, 1.807) is 24.3 Å². The lowest BCUT2D eigenvalue weighted by Crippen LogP contribution is -2.14. The van der Waals surface area contributed by atoms with Crippen molar-refractivity contribution in [3.05, 3.63) is 82.0 Å². The van der Waals surface area contributed by atoms with Crippen molar-refractivity contribution < 1.29 is 24.5 Å². The van der Waals surface area contributed by atoms with E-state index in [-0.39, 0.29) is 30.3 Å². The van der Waals surface area contributed by atoms with Gasteiger partial charge in [-0.05, 0) is 55.3 Å². The van der Waals surface area contributed by atoms with E-state index in [4.69, 9.17) is 26.1 Å². The van der Waals surface area contributed by atoms with Crippen LogP contribution in [0.3, 0.4) is 0 Å². The number of aromatic hydroxyl groups is 1. The van der Waals surface area contributed by atoms with Gasteiger partial charge in [0.1, 0.15) is 0 Å². The highest BCUT2D eigenvalue weighted by Gasteiger charge is 2.21. The van der Waals surface area contributed by atoms with Crippen LogP contribution in [0, 0.1) is 13.8 Å². The molecule has 4 aromatic rings. The Morgan fingerprint density at radius 3 is 2.39 bits per heavy atom. The number of hydrogen-bond donors (Lipinski definition) is 3. The predicted molar refractivity (Wildman–Crippen MR) is 151 cm³/mol. The Labute approximate surface area is 226 Å². The number of hydrogen-bond acceptors (Lipinski definition) is 6. The van der Waals surface area contributed by atoms with E-state index in [9.17, 15) is 15.0 Å². The molecule has 0 bridgehead atoms. The lowest BCUT2D eigenvalue weighted by molar-refractivity contribution is -0.111. The number of phenolic OH excluding ortho intramolecular Hbond substituents is 1. The Balaban J connectivity index is 1.85. The predicted octanol–water partition coefficient (Wildman–Crippen LogP) is 6.08. The molecule has 0 saturated carbocycles. The third kappa shape index (κ3) is 5.44. The lowest BCUT2D eigenvalue weighted by atomic mass is 9.94. The maximum absolute atomic E-state index is 13.2. The van der Waals surface area contributed by atoms with Crippen molar-refractivity contribution in [1.82, 2.24) is 4.98 Å². The largest absolute Gasteiger partial charge is 0.502 e. The van der Waals surface area contributed by atoms with Crippen molar-refractivity contribution in [3.63, 3.8) is 0 Å². The van der Waals surface area contributed by atoms with E-state index >= 15 is 0 Å². The fourth-order valence-corrected chi connectivity index (χ4v) is 4.71. The molecular formula is C30H29ClN2O5. The number of carbonyl (C=O) groups is 1. The second kappa shape index (κ2) is 11.5. The summed E-state index contributed by atoms with van der Waals surface area (Å²) < 4.78 is 10.4.